The lowest BCUT2D eigenvalue weighted by Gasteiger charge is -2.06. The predicted octanol–water partition coefficient (Wildman–Crippen LogP) is 3.77. The molecule has 1 rings (SSSR count). The highest BCUT2D eigenvalue weighted by Crippen LogP contribution is 2.23. The number of hydrogen-bond donors (Lipinski definition) is 1. The normalized spacial score (nSPS) is 10.3. The van der Waals surface area contributed by atoms with Crippen LogP contribution in [0.15, 0.2) is 18.2 Å². The molecule has 0 bridgehead atoms. The zero-order chi connectivity index (χ0) is 13.4. The Labute approximate surface area is 113 Å². The summed E-state index contributed by atoms with van der Waals surface area (Å²) < 4.78 is 5.51. The van der Waals surface area contributed by atoms with Crippen molar-refractivity contribution >= 4 is 18.3 Å². The van der Waals surface area contributed by atoms with Gasteiger partial charge in [0.2, 0.25) is 0 Å². The molecular weight excluding hydrogens is 250 g/mol. The lowest BCUT2D eigenvalue weighted by Crippen LogP contribution is -1.99. The van der Waals surface area contributed by atoms with Crippen LogP contribution in [-0.2, 0) is 0 Å². The van der Waals surface area contributed by atoms with E-state index in [9.17, 15) is 10.1 Å². The molecule has 0 amide bonds. The fraction of sp³-hybridized carbons (Fsp3) is 0.538. The Morgan fingerprint density at radius 2 is 2.00 bits per heavy atom. The third-order valence-electron chi connectivity index (χ3n) is 2.70. The van der Waals surface area contributed by atoms with Gasteiger partial charge in [-0.3, -0.25) is 10.1 Å². The summed E-state index contributed by atoms with van der Waals surface area (Å²) in [6, 6.07) is 4.98. The smallest absolute Gasteiger partial charge is 0.275 e. The average Bonchev–Trinajstić information content (AvgIpc) is 2.35. The van der Waals surface area contributed by atoms with Gasteiger partial charge in [0.15, 0.2) is 0 Å². The van der Waals surface area contributed by atoms with Crippen molar-refractivity contribution in [3.63, 3.8) is 0 Å². The van der Waals surface area contributed by atoms with E-state index in [0.717, 1.165) is 31.4 Å². The van der Waals surface area contributed by atoms with E-state index >= 15 is 0 Å². The monoisotopic (exact) mass is 269 g/mol. The minimum Gasteiger partial charge on any atom is -0.493 e. The predicted molar refractivity (Wildman–Crippen MR) is 75.6 cm³/mol. The van der Waals surface area contributed by atoms with E-state index in [0.29, 0.717) is 17.9 Å². The molecule has 0 aliphatic rings. The molecule has 0 radical (unpaired) electrons. The molecule has 1 aromatic rings. The first kappa shape index (κ1) is 14.8. The van der Waals surface area contributed by atoms with Gasteiger partial charge in [-0.15, -0.1) is 0 Å². The number of hydrogen-bond acceptors (Lipinski definition) is 4. The molecule has 0 unspecified atom stereocenters. The number of nitrogens with zero attached hydrogens (tertiary/aromatic N) is 1. The van der Waals surface area contributed by atoms with Crippen LogP contribution in [0.5, 0.6) is 5.75 Å². The molecule has 0 aliphatic carbocycles. The van der Waals surface area contributed by atoms with Crippen LogP contribution < -0.4 is 4.74 Å². The minimum atomic E-state index is -0.380. The third-order valence-corrected chi connectivity index (χ3v) is 3.01. The lowest BCUT2D eigenvalue weighted by molar-refractivity contribution is -0.385. The van der Waals surface area contributed by atoms with Crippen LogP contribution in [0.1, 0.15) is 31.2 Å². The molecule has 0 spiro atoms. The highest BCUT2D eigenvalue weighted by atomic mass is 32.1. The molecule has 0 fully saturated rings. The van der Waals surface area contributed by atoms with E-state index in [-0.39, 0.29) is 10.6 Å². The second kappa shape index (κ2) is 7.97. The molecule has 0 heterocycles. The van der Waals surface area contributed by atoms with Crippen molar-refractivity contribution < 1.29 is 9.66 Å². The second-order valence-electron chi connectivity index (χ2n) is 4.19. The summed E-state index contributed by atoms with van der Waals surface area (Å²) in [7, 11) is 0. The number of benzene rings is 1. The number of ether oxygens (including phenoxy) is 1. The first-order valence-electron chi connectivity index (χ1n) is 6.14. The number of rotatable bonds is 8. The zero-order valence-corrected chi connectivity index (χ0v) is 11.5. The van der Waals surface area contributed by atoms with Crippen molar-refractivity contribution in [3.05, 3.63) is 33.9 Å². The van der Waals surface area contributed by atoms with Crippen LogP contribution in [-0.4, -0.2) is 17.3 Å². The molecule has 0 aliphatic heterocycles. The molecule has 0 N–H and O–H groups in total. The van der Waals surface area contributed by atoms with Gasteiger partial charge in [0.1, 0.15) is 5.75 Å². The molecule has 0 saturated heterocycles. The number of nitro groups is 1. The maximum absolute atomic E-state index is 10.8. The van der Waals surface area contributed by atoms with Crippen LogP contribution in [0.2, 0.25) is 0 Å². The Hall–Kier alpha value is -1.23. The summed E-state index contributed by atoms with van der Waals surface area (Å²) in [5.74, 6) is 1.49. The Morgan fingerprint density at radius 1 is 1.28 bits per heavy atom. The molecule has 1 aromatic carbocycles. The molecule has 0 saturated carbocycles. The summed E-state index contributed by atoms with van der Waals surface area (Å²) >= 11 is 4.15. The minimum absolute atomic E-state index is 0.113. The Morgan fingerprint density at radius 3 is 2.67 bits per heavy atom. The summed E-state index contributed by atoms with van der Waals surface area (Å²) in [5.41, 5.74) is 0.767. The molecule has 100 valence electrons. The van der Waals surface area contributed by atoms with Crippen molar-refractivity contribution in [3.8, 4) is 5.75 Å². The van der Waals surface area contributed by atoms with Gasteiger partial charge in [-0.1, -0.05) is 12.8 Å². The number of aryl methyl sites for hydroxylation is 1. The summed E-state index contributed by atoms with van der Waals surface area (Å²) in [4.78, 5) is 10.4. The first-order valence-corrected chi connectivity index (χ1v) is 6.77. The van der Waals surface area contributed by atoms with E-state index in [4.69, 9.17) is 4.74 Å². The van der Waals surface area contributed by atoms with Gasteiger partial charge in [0, 0.05) is 5.56 Å². The van der Waals surface area contributed by atoms with E-state index < -0.39 is 0 Å². The van der Waals surface area contributed by atoms with Crippen molar-refractivity contribution in [2.45, 2.75) is 32.6 Å². The van der Waals surface area contributed by atoms with Gasteiger partial charge in [-0.05, 0) is 37.7 Å². The van der Waals surface area contributed by atoms with Crippen molar-refractivity contribution in [2.24, 2.45) is 0 Å². The van der Waals surface area contributed by atoms with Gasteiger partial charge < -0.3 is 4.74 Å². The number of thiol groups is 1. The summed E-state index contributed by atoms with van der Waals surface area (Å²) in [6.45, 7) is 2.33. The highest BCUT2D eigenvalue weighted by Gasteiger charge is 2.11. The van der Waals surface area contributed by atoms with E-state index in [1.807, 2.05) is 0 Å². The fourth-order valence-corrected chi connectivity index (χ4v) is 1.86. The molecular formula is C13H19NO3S. The average molecular weight is 269 g/mol. The lowest BCUT2D eigenvalue weighted by atomic mass is 10.2. The quantitative estimate of drug-likeness (QED) is 0.338. The van der Waals surface area contributed by atoms with E-state index in [1.54, 1.807) is 19.1 Å². The molecule has 0 aromatic heterocycles. The van der Waals surface area contributed by atoms with Crippen molar-refractivity contribution in [2.75, 3.05) is 12.4 Å². The topological polar surface area (TPSA) is 52.4 Å². The zero-order valence-electron chi connectivity index (χ0n) is 10.6. The maximum atomic E-state index is 10.8. The molecule has 18 heavy (non-hydrogen) atoms. The molecule has 5 heteroatoms. The fourth-order valence-electron chi connectivity index (χ4n) is 1.63. The van der Waals surface area contributed by atoms with Gasteiger partial charge in [0.05, 0.1) is 17.6 Å². The maximum Gasteiger partial charge on any atom is 0.275 e. The Kier molecular flexibility index (Phi) is 6.57. The third kappa shape index (κ3) is 4.96. The van der Waals surface area contributed by atoms with Crippen LogP contribution in [0.3, 0.4) is 0 Å². The summed E-state index contributed by atoms with van der Waals surface area (Å²) in [5, 5.41) is 10.8. The van der Waals surface area contributed by atoms with Gasteiger partial charge in [-0.25, -0.2) is 0 Å². The van der Waals surface area contributed by atoms with Gasteiger partial charge >= 0.3 is 0 Å². The van der Waals surface area contributed by atoms with Crippen molar-refractivity contribution in [1.82, 2.24) is 0 Å². The van der Waals surface area contributed by atoms with Crippen LogP contribution >= 0.6 is 12.6 Å². The molecule has 0 atom stereocenters. The summed E-state index contributed by atoms with van der Waals surface area (Å²) in [6.07, 6.45) is 4.35. The van der Waals surface area contributed by atoms with Crippen LogP contribution in [0, 0.1) is 17.0 Å². The van der Waals surface area contributed by atoms with Crippen LogP contribution in [0.25, 0.3) is 0 Å². The molecule has 4 nitrogen and oxygen atoms in total. The number of unbranched alkanes of at least 4 members (excludes halogenated alkanes) is 3. The largest absolute Gasteiger partial charge is 0.493 e. The highest BCUT2D eigenvalue weighted by molar-refractivity contribution is 7.80. The first-order chi connectivity index (χ1) is 8.65. The van der Waals surface area contributed by atoms with Crippen LogP contribution in [0.4, 0.5) is 5.69 Å². The Bertz CT molecular complexity index is 396. The second-order valence-corrected chi connectivity index (χ2v) is 4.64. The SMILES string of the molecule is Cc1ccc(OCCCCCCS)cc1[N+](=O)[O-]. The number of nitro benzene ring substituents is 1. The Balaban J connectivity index is 2.38. The van der Waals surface area contributed by atoms with E-state index in [1.165, 1.54) is 6.07 Å². The van der Waals surface area contributed by atoms with Gasteiger partial charge in [0.25, 0.3) is 5.69 Å². The van der Waals surface area contributed by atoms with E-state index in [2.05, 4.69) is 12.6 Å². The standard InChI is InChI=1S/C13H19NO3S/c1-11-6-7-12(10-13(11)14(15)16)17-8-4-2-3-5-9-18/h6-7,10,18H,2-5,8-9H2,1H3. The van der Waals surface area contributed by atoms with Gasteiger partial charge in [-0.2, -0.15) is 12.6 Å². The van der Waals surface area contributed by atoms with Crippen molar-refractivity contribution in [1.29, 1.82) is 0 Å².